The number of rotatable bonds is 3. The van der Waals surface area contributed by atoms with E-state index in [2.05, 4.69) is 15.9 Å². The number of ketones is 1. The van der Waals surface area contributed by atoms with E-state index < -0.39 is 9.74 Å². The molecule has 17 heavy (non-hydrogen) atoms. The molecule has 0 aromatic rings. The van der Waals surface area contributed by atoms with Gasteiger partial charge in [0, 0.05) is 0 Å². The van der Waals surface area contributed by atoms with Crippen molar-refractivity contribution < 1.29 is 14.3 Å². The summed E-state index contributed by atoms with van der Waals surface area (Å²) in [5, 5.41) is 0. The molecule has 1 aliphatic carbocycles. The lowest BCUT2D eigenvalue weighted by molar-refractivity contribution is -0.159. The SMILES string of the molecule is COC(=O)C1(C(=O)C(C)(C)Br)CCCCCC1. The fourth-order valence-corrected chi connectivity index (χ4v) is 3.00. The first-order chi connectivity index (χ1) is 7.84. The third kappa shape index (κ3) is 3.09. The molecule has 0 heterocycles. The Morgan fingerprint density at radius 1 is 1.12 bits per heavy atom. The normalized spacial score (nSPS) is 20.5. The van der Waals surface area contributed by atoms with Crippen LogP contribution in [0.15, 0.2) is 0 Å². The summed E-state index contributed by atoms with van der Waals surface area (Å²) in [4.78, 5) is 24.6. The van der Waals surface area contributed by atoms with Crippen LogP contribution in [0.25, 0.3) is 0 Å². The minimum absolute atomic E-state index is 0.0428. The van der Waals surface area contributed by atoms with Crippen LogP contribution < -0.4 is 0 Å². The molecular weight excluding hydrogens is 284 g/mol. The zero-order valence-electron chi connectivity index (χ0n) is 10.8. The van der Waals surface area contributed by atoms with Crippen LogP contribution >= 0.6 is 15.9 Å². The molecule has 4 heteroatoms. The molecule has 0 N–H and O–H groups in total. The maximum atomic E-state index is 12.5. The summed E-state index contributed by atoms with van der Waals surface area (Å²) < 4.78 is 4.21. The number of ether oxygens (including phenoxy) is 1. The van der Waals surface area contributed by atoms with Gasteiger partial charge in [0.2, 0.25) is 0 Å². The molecule has 3 nitrogen and oxygen atoms in total. The first kappa shape index (κ1) is 14.7. The van der Waals surface area contributed by atoms with Crippen molar-refractivity contribution in [2.24, 2.45) is 5.41 Å². The molecule has 0 saturated heterocycles. The quantitative estimate of drug-likeness (QED) is 0.348. The van der Waals surface area contributed by atoms with Gasteiger partial charge in [-0.3, -0.25) is 9.59 Å². The Morgan fingerprint density at radius 3 is 1.94 bits per heavy atom. The average Bonchev–Trinajstić information content (AvgIpc) is 2.52. The van der Waals surface area contributed by atoms with E-state index in [0.29, 0.717) is 12.8 Å². The van der Waals surface area contributed by atoms with Crippen molar-refractivity contribution in [3.63, 3.8) is 0 Å². The molecule has 0 spiro atoms. The highest BCUT2D eigenvalue weighted by molar-refractivity contribution is 9.10. The Kier molecular flexibility index (Phi) is 4.76. The zero-order chi connectivity index (χ0) is 13.1. The summed E-state index contributed by atoms with van der Waals surface area (Å²) in [7, 11) is 1.36. The minimum atomic E-state index is -0.932. The molecule has 0 bridgehead atoms. The third-order valence-electron chi connectivity index (χ3n) is 3.51. The van der Waals surface area contributed by atoms with Crippen LogP contribution in [0.5, 0.6) is 0 Å². The molecule has 0 aromatic heterocycles. The smallest absolute Gasteiger partial charge is 0.319 e. The van der Waals surface area contributed by atoms with Gasteiger partial charge >= 0.3 is 5.97 Å². The number of esters is 1. The van der Waals surface area contributed by atoms with Crippen molar-refractivity contribution in [2.75, 3.05) is 7.11 Å². The number of carbonyl (C=O) groups excluding carboxylic acids is 2. The lowest BCUT2D eigenvalue weighted by Crippen LogP contribution is -2.47. The van der Waals surface area contributed by atoms with Crippen LogP contribution in [0.2, 0.25) is 0 Å². The van der Waals surface area contributed by atoms with Gasteiger partial charge in [0.25, 0.3) is 0 Å². The molecule has 0 atom stereocenters. The van der Waals surface area contributed by atoms with Crippen molar-refractivity contribution in [2.45, 2.75) is 56.7 Å². The summed E-state index contributed by atoms with van der Waals surface area (Å²) in [6, 6.07) is 0. The van der Waals surface area contributed by atoms with E-state index in [1.54, 1.807) is 13.8 Å². The highest BCUT2D eigenvalue weighted by Gasteiger charge is 2.50. The average molecular weight is 305 g/mol. The summed E-state index contributed by atoms with van der Waals surface area (Å²) in [5.74, 6) is -0.407. The van der Waals surface area contributed by atoms with Crippen molar-refractivity contribution in [3.8, 4) is 0 Å². The van der Waals surface area contributed by atoms with Crippen LogP contribution in [0.4, 0.5) is 0 Å². The first-order valence-electron chi connectivity index (χ1n) is 6.17. The Bertz CT molecular complexity index is 296. The second kappa shape index (κ2) is 5.51. The third-order valence-corrected chi connectivity index (χ3v) is 3.87. The summed E-state index contributed by atoms with van der Waals surface area (Å²) in [6.45, 7) is 3.59. The van der Waals surface area contributed by atoms with Crippen LogP contribution in [0.1, 0.15) is 52.4 Å². The van der Waals surface area contributed by atoms with Crippen LogP contribution in [0, 0.1) is 5.41 Å². The first-order valence-corrected chi connectivity index (χ1v) is 6.96. The molecule has 0 aliphatic heterocycles. The van der Waals surface area contributed by atoms with Gasteiger partial charge < -0.3 is 4.74 Å². The van der Waals surface area contributed by atoms with Gasteiger partial charge in [-0.15, -0.1) is 0 Å². The minimum Gasteiger partial charge on any atom is -0.468 e. The standard InChI is InChI=1S/C13H21BrO3/c1-12(2,14)10(15)13(11(16)17-3)8-6-4-5-7-9-13/h4-9H2,1-3H3. The van der Waals surface area contributed by atoms with E-state index in [0.717, 1.165) is 25.7 Å². The highest BCUT2D eigenvalue weighted by Crippen LogP contribution is 2.41. The Balaban J connectivity index is 3.08. The van der Waals surface area contributed by atoms with Crippen molar-refractivity contribution in [1.29, 1.82) is 0 Å². The molecule has 1 rings (SSSR count). The topological polar surface area (TPSA) is 43.4 Å². The maximum absolute atomic E-state index is 12.5. The number of carbonyl (C=O) groups is 2. The van der Waals surface area contributed by atoms with E-state index in [9.17, 15) is 9.59 Å². The summed E-state index contributed by atoms with van der Waals surface area (Å²) >= 11 is 3.38. The molecule has 1 aliphatic rings. The molecule has 0 radical (unpaired) electrons. The fourth-order valence-electron chi connectivity index (χ4n) is 2.62. The van der Waals surface area contributed by atoms with Crippen molar-refractivity contribution in [3.05, 3.63) is 0 Å². The van der Waals surface area contributed by atoms with E-state index in [4.69, 9.17) is 4.74 Å². The predicted molar refractivity (Wildman–Crippen MR) is 70.2 cm³/mol. The second-order valence-corrected chi connectivity index (χ2v) is 7.27. The van der Waals surface area contributed by atoms with Crippen LogP contribution in [-0.4, -0.2) is 23.2 Å². The molecule has 0 unspecified atom stereocenters. The zero-order valence-corrected chi connectivity index (χ0v) is 12.4. The monoisotopic (exact) mass is 304 g/mol. The van der Waals surface area contributed by atoms with E-state index in [1.165, 1.54) is 7.11 Å². The van der Waals surface area contributed by atoms with Gasteiger partial charge in [0.15, 0.2) is 5.78 Å². The Labute approximate surface area is 111 Å². The number of halogens is 1. The van der Waals surface area contributed by atoms with E-state index in [-0.39, 0.29) is 11.8 Å². The predicted octanol–water partition coefficient (Wildman–Crippen LogP) is 3.24. The van der Waals surface area contributed by atoms with Crippen LogP contribution in [-0.2, 0) is 14.3 Å². The lowest BCUT2D eigenvalue weighted by Gasteiger charge is -2.33. The molecular formula is C13H21BrO3. The Hall–Kier alpha value is -0.380. The van der Waals surface area contributed by atoms with E-state index >= 15 is 0 Å². The Morgan fingerprint density at radius 2 is 1.59 bits per heavy atom. The number of hydrogen-bond acceptors (Lipinski definition) is 3. The second-order valence-electron chi connectivity index (χ2n) is 5.29. The molecule has 0 amide bonds. The van der Waals surface area contributed by atoms with Gasteiger partial charge in [-0.25, -0.2) is 0 Å². The largest absolute Gasteiger partial charge is 0.468 e. The maximum Gasteiger partial charge on any atom is 0.319 e. The molecule has 1 saturated carbocycles. The van der Waals surface area contributed by atoms with Crippen LogP contribution in [0.3, 0.4) is 0 Å². The van der Waals surface area contributed by atoms with Crippen molar-refractivity contribution >= 4 is 27.7 Å². The van der Waals surface area contributed by atoms with Gasteiger partial charge in [0.1, 0.15) is 5.41 Å². The van der Waals surface area contributed by atoms with E-state index in [1.807, 2.05) is 0 Å². The fraction of sp³-hybridized carbons (Fsp3) is 0.846. The highest BCUT2D eigenvalue weighted by atomic mass is 79.9. The number of hydrogen-bond donors (Lipinski definition) is 0. The summed E-state index contributed by atoms with van der Waals surface area (Å²) in [6.07, 6.45) is 5.26. The summed E-state index contributed by atoms with van der Waals surface area (Å²) in [5.41, 5.74) is -0.932. The van der Waals surface area contributed by atoms with Gasteiger partial charge in [-0.1, -0.05) is 41.6 Å². The molecule has 98 valence electrons. The van der Waals surface area contributed by atoms with Crippen molar-refractivity contribution in [1.82, 2.24) is 0 Å². The number of Topliss-reactive ketones (excluding diaryl/α,β-unsaturated/α-hetero) is 1. The lowest BCUT2D eigenvalue weighted by atomic mass is 9.73. The number of alkyl halides is 1. The van der Waals surface area contributed by atoms with Gasteiger partial charge in [-0.05, 0) is 26.7 Å². The molecule has 1 fully saturated rings. The number of methoxy groups -OCH3 is 1. The van der Waals surface area contributed by atoms with Gasteiger partial charge in [-0.2, -0.15) is 0 Å². The molecule has 0 aromatic carbocycles. The van der Waals surface area contributed by atoms with Gasteiger partial charge in [0.05, 0.1) is 11.4 Å².